The van der Waals surface area contributed by atoms with E-state index in [2.05, 4.69) is 25.7 Å². The molecule has 2 atom stereocenters. The fourth-order valence-electron chi connectivity index (χ4n) is 3.74. The maximum atomic E-state index is 12.6. The van der Waals surface area contributed by atoms with E-state index in [1.54, 1.807) is 5.51 Å². The van der Waals surface area contributed by atoms with E-state index in [0.29, 0.717) is 17.7 Å². The van der Waals surface area contributed by atoms with Crippen molar-refractivity contribution in [2.75, 3.05) is 18.4 Å². The van der Waals surface area contributed by atoms with Crippen LogP contribution in [-0.4, -0.2) is 52.1 Å². The van der Waals surface area contributed by atoms with Crippen LogP contribution >= 0.6 is 11.3 Å². The standard InChI is InChI=1S/C17H27N5O2S/c1-12(15(23)19-14-7-3-2-4-8-14)22-9-5-6-13(10-22)16(24)20-17-21-18-11-25-17/h11-14H,2-10H2,1H3,(H,19,23)(H,20,21,24). The molecule has 1 aliphatic heterocycles. The van der Waals surface area contributed by atoms with Crippen LogP contribution in [0.2, 0.25) is 0 Å². The Morgan fingerprint density at radius 1 is 1.24 bits per heavy atom. The van der Waals surface area contributed by atoms with E-state index >= 15 is 0 Å². The molecular weight excluding hydrogens is 338 g/mol. The Hall–Kier alpha value is -1.54. The molecule has 1 aliphatic carbocycles. The second-order valence-corrected chi connectivity index (χ2v) is 7.92. The van der Waals surface area contributed by atoms with E-state index in [1.165, 1.54) is 30.6 Å². The van der Waals surface area contributed by atoms with Crippen LogP contribution in [0.15, 0.2) is 5.51 Å². The van der Waals surface area contributed by atoms with Crippen LogP contribution in [-0.2, 0) is 9.59 Å². The van der Waals surface area contributed by atoms with Crippen molar-refractivity contribution in [1.29, 1.82) is 0 Å². The smallest absolute Gasteiger partial charge is 0.237 e. The van der Waals surface area contributed by atoms with Gasteiger partial charge in [-0.25, -0.2) is 0 Å². The minimum absolute atomic E-state index is 0.0265. The number of carbonyl (C=O) groups is 2. The van der Waals surface area contributed by atoms with E-state index in [0.717, 1.165) is 32.2 Å². The van der Waals surface area contributed by atoms with E-state index < -0.39 is 0 Å². The molecule has 2 fully saturated rings. The quantitative estimate of drug-likeness (QED) is 0.834. The molecule has 3 rings (SSSR count). The summed E-state index contributed by atoms with van der Waals surface area (Å²) in [7, 11) is 0. The van der Waals surface area contributed by atoms with Crippen LogP contribution in [0, 0.1) is 5.92 Å². The summed E-state index contributed by atoms with van der Waals surface area (Å²) in [6, 6.07) is 0.129. The lowest BCUT2D eigenvalue weighted by Crippen LogP contribution is -2.52. The topological polar surface area (TPSA) is 87.2 Å². The normalized spacial score (nSPS) is 23.8. The molecule has 2 unspecified atom stereocenters. The van der Waals surface area contributed by atoms with E-state index in [9.17, 15) is 9.59 Å². The molecule has 0 bridgehead atoms. The van der Waals surface area contributed by atoms with Crippen molar-refractivity contribution in [2.45, 2.75) is 64.0 Å². The number of amides is 2. The number of nitrogens with one attached hydrogen (secondary N) is 2. The predicted molar refractivity (Wildman–Crippen MR) is 97.3 cm³/mol. The summed E-state index contributed by atoms with van der Waals surface area (Å²) >= 11 is 1.31. The zero-order valence-corrected chi connectivity index (χ0v) is 15.6. The molecule has 2 heterocycles. The first-order chi connectivity index (χ1) is 12.1. The molecule has 1 saturated carbocycles. The minimum Gasteiger partial charge on any atom is -0.352 e. The van der Waals surface area contributed by atoms with Gasteiger partial charge in [0.15, 0.2) is 0 Å². The molecule has 2 amide bonds. The van der Waals surface area contributed by atoms with Crippen molar-refractivity contribution >= 4 is 28.3 Å². The molecule has 1 aromatic rings. The van der Waals surface area contributed by atoms with E-state index in [1.807, 2.05) is 6.92 Å². The number of carbonyl (C=O) groups excluding carboxylic acids is 2. The molecule has 2 N–H and O–H groups in total. The van der Waals surface area contributed by atoms with Crippen molar-refractivity contribution in [3.8, 4) is 0 Å². The lowest BCUT2D eigenvalue weighted by Gasteiger charge is -2.36. The summed E-state index contributed by atoms with van der Waals surface area (Å²) in [5.74, 6) is -0.0407. The lowest BCUT2D eigenvalue weighted by molar-refractivity contribution is -0.129. The number of nitrogens with zero attached hydrogens (tertiary/aromatic N) is 3. The fraction of sp³-hybridized carbons (Fsp3) is 0.765. The SMILES string of the molecule is CC(C(=O)NC1CCCCC1)N1CCCC(C(=O)Nc2nncs2)C1. The Morgan fingerprint density at radius 2 is 2.04 bits per heavy atom. The molecule has 0 spiro atoms. The zero-order valence-electron chi connectivity index (χ0n) is 14.7. The third-order valence-corrected chi connectivity index (χ3v) is 5.90. The average Bonchev–Trinajstić information content (AvgIpc) is 3.15. The first kappa shape index (κ1) is 18.3. The van der Waals surface area contributed by atoms with Crippen LogP contribution in [0.3, 0.4) is 0 Å². The van der Waals surface area contributed by atoms with Gasteiger partial charge in [-0.1, -0.05) is 30.6 Å². The number of likely N-dealkylation sites (tertiary alicyclic amines) is 1. The highest BCUT2D eigenvalue weighted by atomic mass is 32.1. The average molecular weight is 366 g/mol. The maximum absolute atomic E-state index is 12.6. The van der Waals surface area contributed by atoms with Gasteiger partial charge in [-0.3, -0.25) is 14.5 Å². The molecule has 0 radical (unpaired) electrons. The Bertz CT molecular complexity index is 574. The van der Waals surface area contributed by atoms with Crippen LogP contribution in [0.1, 0.15) is 51.9 Å². The Kier molecular flexibility index (Phi) is 6.36. The van der Waals surface area contributed by atoms with Crippen LogP contribution in [0.4, 0.5) is 5.13 Å². The monoisotopic (exact) mass is 365 g/mol. The maximum Gasteiger partial charge on any atom is 0.237 e. The van der Waals surface area contributed by atoms with Crippen molar-refractivity contribution < 1.29 is 9.59 Å². The van der Waals surface area contributed by atoms with Gasteiger partial charge in [0.25, 0.3) is 0 Å². The molecule has 1 aromatic heterocycles. The van der Waals surface area contributed by atoms with Crippen LogP contribution in [0.5, 0.6) is 0 Å². The fourth-order valence-corrected chi connectivity index (χ4v) is 4.19. The van der Waals surface area contributed by atoms with Crippen LogP contribution in [0.25, 0.3) is 0 Å². The predicted octanol–water partition coefficient (Wildman–Crippen LogP) is 2.03. The van der Waals surface area contributed by atoms with Gasteiger partial charge in [-0.2, -0.15) is 0 Å². The second kappa shape index (κ2) is 8.71. The number of anilines is 1. The highest BCUT2D eigenvalue weighted by Crippen LogP contribution is 2.22. The lowest BCUT2D eigenvalue weighted by atomic mass is 9.94. The molecule has 0 aromatic carbocycles. The number of hydrogen-bond acceptors (Lipinski definition) is 6. The summed E-state index contributed by atoms with van der Waals surface area (Å²) in [5, 5.41) is 14.1. The summed E-state index contributed by atoms with van der Waals surface area (Å²) in [6.07, 6.45) is 7.64. The Morgan fingerprint density at radius 3 is 2.76 bits per heavy atom. The summed E-state index contributed by atoms with van der Waals surface area (Å²) < 4.78 is 0. The molecule has 138 valence electrons. The van der Waals surface area contributed by atoms with E-state index in [4.69, 9.17) is 0 Å². The van der Waals surface area contributed by atoms with Crippen LogP contribution < -0.4 is 10.6 Å². The third kappa shape index (κ3) is 4.98. The van der Waals surface area contributed by atoms with Gasteiger partial charge in [-0.05, 0) is 39.2 Å². The van der Waals surface area contributed by atoms with Gasteiger partial charge in [-0.15, -0.1) is 10.2 Å². The molecule has 7 nitrogen and oxygen atoms in total. The highest BCUT2D eigenvalue weighted by molar-refractivity contribution is 7.13. The summed E-state index contributed by atoms with van der Waals surface area (Å²) in [5.41, 5.74) is 1.60. The highest BCUT2D eigenvalue weighted by Gasteiger charge is 2.31. The number of rotatable bonds is 5. The minimum atomic E-state index is -0.195. The summed E-state index contributed by atoms with van der Waals surface area (Å²) in [6.45, 7) is 3.43. The number of aromatic nitrogens is 2. The van der Waals surface area contributed by atoms with E-state index in [-0.39, 0.29) is 23.8 Å². The van der Waals surface area contributed by atoms with Gasteiger partial charge < -0.3 is 10.6 Å². The van der Waals surface area contributed by atoms with Crippen molar-refractivity contribution in [3.05, 3.63) is 5.51 Å². The molecule has 1 saturated heterocycles. The number of piperidine rings is 1. The van der Waals surface area contributed by atoms with Gasteiger partial charge >= 0.3 is 0 Å². The van der Waals surface area contributed by atoms with Gasteiger partial charge in [0.05, 0.1) is 12.0 Å². The summed E-state index contributed by atoms with van der Waals surface area (Å²) in [4.78, 5) is 27.1. The van der Waals surface area contributed by atoms with Gasteiger partial charge in [0, 0.05) is 12.6 Å². The zero-order chi connectivity index (χ0) is 17.6. The largest absolute Gasteiger partial charge is 0.352 e. The Labute approximate surface area is 152 Å². The van der Waals surface area contributed by atoms with Crippen molar-refractivity contribution in [1.82, 2.24) is 20.4 Å². The Balaban J connectivity index is 1.51. The molecule has 8 heteroatoms. The second-order valence-electron chi connectivity index (χ2n) is 7.09. The van der Waals surface area contributed by atoms with Crippen molar-refractivity contribution in [2.24, 2.45) is 5.92 Å². The first-order valence-corrected chi connectivity index (χ1v) is 10.1. The van der Waals surface area contributed by atoms with Crippen molar-refractivity contribution in [3.63, 3.8) is 0 Å². The molecule has 2 aliphatic rings. The first-order valence-electron chi connectivity index (χ1n) is 9.25. The number of hydrogen-bond donors (Lipinski definition) is 2. The van der Waals surface area contributed by atoms with Gasteiger partial charge in [0.2, 0.25) is 16.9 Å². The third-order valence-electron chi connectivity index (χ3n) is 5.29. The van der Waals surface area contributed by atoms with Gasteiger partial charge in [0.1, 0.15) is 5.51 Å². The molecule has 25 heavy (non-hydrogen) atoms. The molecular formula is C17H27N5O2S.